The van der Waals surface area contributed by atoms with Crippen LogP contribution >= 0.6 is 11.6 Å². The molecule has 1 aliphatic heterocycles. The molecule has 1 unspecified atom stereocenters. The SMILES string of the molecule is CCOc1cccc(C2/C(=C(\O)c3cc(Cl)c(OC)cc3OC)C(=O)C(=O)N2CCOC(C)C)c1. The number of nitrogens with zero attached hydrogens (tertiary/aromatic N) is 1. The summed E-state index contributed by atoms with van der Waals surface area (Å²) in [4.78, 5) is 27.8. The molecule has 9 heteroatoms. The van der Waals surface area contributed by atoms with Crippen molar-refractivity contribution in [1.29, 1.82) is 0 Å². The maximum atomic E-state index is 13.2. The monoisotopic (exact) mass is 503 g/mol. The second-order valence-corrected chi connectivity index (χ2v) is 8.51. The van der Waals surface area contributed by atoms with Crippen LogP contribution in [0.4, 0.5) is 0 Å². The molecule has 0 saturated carbocycles. The average molecular weight is 504 g/mol. The third-order valence-corrected chi connectivity index (χ3v) is 5.83. The molecule has 1 fully saturated rings. The molecule has 0 aromatic heterocycles. The van der Waals surface area contributed by atoms with E-state index in [1.54, 1.807) is 24.3 Å². The third kappa shape index (κ3) is 5.55. The van der Waals surface area contributed by atoms with E-state index < -0.39 is 23.5 Å². The van der Waals surface area contributed by atoms with Crippen molar-refractivity contribution in [3.8, 4) is 17.2 Å². The number of methoxy groups -OCH3 is 2. The molecule has 8 nitrogen and oxygen atoms in total. The molecule has 0 radical (unpaired) electrons. The number of carbonyl (C=O) groups is 2. The Labute approximate surface area is 210 Å². The van der Waals surface area contributed by atoms with Crippen molar-refractivity contribution in [2.24, 2.45) is 0 Å². The molecular weight excluding hydrogens is 474 g/mol. The topological polar surface area (TPSA) is 94.5 Å². The molecule has 1 aliphatic rings. The first-order valence-corrected chi connectivity index (χ1v) is 11.7. The molecule has 0 spiro atoms. The highest BCUT2D eigenvalue weighted by atomic mass is 35.5. The summed E-state index contributed by atoms with van der Waals surface area (Å²) in [7, 11) is 2.88. The Kier molecular flexibility index (Phi) is 8.64. The minimum absolute atomic E-state index is 0.0442. The summed E-state index contributed by atoms with van der Waals surface area (Å²) in [5, 5.41) is 11.6. The van der Waals surface area contributed by atoms with Crippen LogP contribution in [0.15, 0.2) is 42.0 Å². The van der Waals surface area contributed by atoms with Gasteiger partial charge in [0.15, 0.2) is 0 Å². The van der Waals surface area contributed by atoms with Crippen molar-refractivity contribution >= 4 is 29.1 Å². The van der Waals surface area contributed by atoms with Gasteiger partial charge in [0.2, 0.25) is 0 Å². The van der Waals surface area contributed by atoms with Crippen molar-refractivity contribution in [3.63, 3.8) is 0 Å². The average Bonchev–Trinajstić information content (AvgIpc) is 3.08. The minimum atomic E-state index is -0.864. The highest BCUT2D eigenvalue weighted by Gasteiger charge is 2.46. The van der Waals surface area contributed by atoms with Gasteiger partial charge in [-0.3, -0.25) is 9.59 Å². The lowest BCUT2D eigenvalue weighted by Gasteiger charge is -2.26. The number of ketones is 1. The molecule has 1 heterocycles. The van der Waals surface area contributed by atoms with Gasteiger partial charge >= 0.3 is 0 Å². The molecule has 1 N–H and O–H groups in total. The van der Waals surface area contributed by atoms with Crippen molar-refractivity contribution < 1.29 is 33.6 Å². The molecule has 1 atom stereocenters. The van der Waals surface area contributed by atoms with Gasteiger partial charge in [-0.2, -0.15) is 0 Å². The number of hydrogen-bond donors (Lipinski definition) is 1. The van der Waals surface area contributed by atoms with Crippen LogP contribution in [0.3, 0.4) is 0 Å². The van der Waals surface area contributed by atoms with Gasteiger partial charge in [0, 0.05) is 12.6 Å². The summed E-state index contributed by atoms with van der Waals surface area (Å²) in [6.45, 7) is 6.47. The van der Waals surface area contributed by atoms with Crippen LogP contribution in [-0.4, -0.2) is 61.8 Å². The standard InChI is InChI=1S/C26H30ClNO7/c1-6-34-17-9-7-8-16(12-17)23-22(25(30)26(31)28(23)10-11-35-15(2)3)24(29)18-13-19(27)21(33-5)14-20(18)32-4/h7-9,12-15,23,29H,6,10-11H2,1-5H3/b24-22+. The number of aliphatic hydroxyl groups is 1. The Balaban J connectivity index is 2.19. The van der Waals surface area contributed by atoms with E-state index in [0.717, 1.165) is 0 Å². The lowest BCUT2D eigenvalue weighted by atomic mass is 9.94. The number of hydrogen-bond acceptors (Lipinski definition) is 7. The van der Waals surface area contributed by atoms with E-state index >= 15 is 0 Å². The summed E-state index contributed by atoms with van der Waals surface area (Å²) >= 11 is 6.30. The molecule has 0 aliphatic carbocycles. The van der Waals surface area contributed by atoms with Gasteiger partial charge in [0.05, 0.1) is 55.7 Å². The second kappa shape index (κ2) is 11.5. The molecule has 0 bridgehead atoms. The van der Waals surface area contributed by atoms with Crippen LogP contribution in [0.25, 0.3) is 5.76 Å². The van der Waals surface area contributed by atoms with Crippen molar-refractivity contribution in [2.75, 3.05) is 34.0 Å². The molecule has 35 heavy (non-hydrogen) atoms. The van der Waals surface area contributed by atoms with Gasteiger partial charge in [-0.15, -0.1) is 0 Å². The molecule has 188 valence electrons. The molecule has 2 aromatic rings. The molecule has 1 amide bonds. The van der Waals surface area contributed by atoms with Gasteiger partial charge in [-0.05, 0) is 44.5 Å². The van der Waals surface area contributed by atoms with Crippen molar-refractivity contribution in [1.82, 2.24) is 4.90 Å². The normalized spacial score (nSPS) is 17.2. The van der Waals surface area contributed by atoms with E-state index in [1.165, 1.54) is 31.3 Å². The summed E-state index contributed by atoms with van der Waals surface area (Å²) in [6, 6.07) is 9.18. The smallest absolute Gasteiger partial charge is 0.295 e. The minimum Gasteiger partial charge on any atom is -0.507 e. The van der Waals surface area contributed by atoms with Gasteiger partial charge in [0.1, 0.15) is 23.0 Å². The van der Waals surface area contributed by atoms with Crippen molar-refractivity contribution in [2.45, 2.75) is 32.9 Å². The summed E-state index contributed by atoms with van der Waals surface area (Å²) in [5.74, 6) is -0.785. The fraction of sp³-hybridized carbons (Fsp3) is 0.385. The van der Waals surface area contributed by atoms with Gasteiger partial charge in [-0.1, -0.05) is 23.7 Å². The largest absolute Gasteiger partial charge is 0.507 e. The number of halogens is 1. The first-order valence-electron chi connectivity index (χ1n) is 11.3. The Hall–Kier alpha value is -3.23. The number of rotatable bonds is 10. The summed E-state index contributed by atoms with van der Waals surface area (Å²) in [6.07, 6.45) is -0.0442. The quantitative estimate of drug-likeness (QED) is 0.287. The highest BCUT2D eigenvalue weighted by Crippen LogP contribution is 2.43. The predicted octanol–water partition coefficient (Wildman–Crippen LogP) is 4.60. The van der Waals surface area contributed by atoms with E-state index in [9.17, 15) is 14.7 Å². The maximum Gasteiger partial charge on any atom is 0.295 e. The second-order valence-electron chi connectivity index (χ2n) is 8.10. The lowest BCUT2D eigenvalue weighted by molar-refractivity contribution is -0.140. The Morgan fingerprint density at radius 2 is 1.83 bits per heavy atom. The lowest BCUT2D eigenvalue weighted by Crippen LogP contribution is -2.33. The van der Waals surface area contributed by atoms with E-state index in [0.29, 0.717) is 23.7 Å². The number of Topliss-reactive ketones (excluding diaryl/α,β-unsaturated/α-hetero) is 1. The number of ether oxygens (including phenoxy) is 4. The van der Waals surface area contributed by atoms with Crippen LogP contribution in [-0.2, 0) is 14.3 Å². The van der Waals surface area contributed by atoms with Crippen LogP contribution in [0.1, 0.15) is 37.9 Å². The highest BCUT2D eigenvalue weighted by molar-refractivity contribution is 6.46. The predicted molar refractivity (Wildman–Crippen MR) is 132 cm³/mol. The van der Waals surface area contributed by atoms with Gasteiger partial charge in [-0.25, -0.2) is 0 Å². The maximum absolute atomic E-state index is 13.2. The van der Waals surface area contributed by atoms with E-state index in [-0.39, 0.29) is 41.2 Å². The Morgan fingerprint density at radius 1 is 1.11 bits per heavy atom. The molecular formula is C26H30ClNO7. The number of benzene rings is 2. The van der Waals surface area contributed by atoms with E-state index in [2.05, 4.69) is 0 Å². The zero-order chi connectivity index (χ0) is 25.7. The first-order chi connectivity index (χ1) is 16.7. The number of likely N-dealkylation sites (tertiary alicyclic amines) is 1. The molecule has 3 rings (SSSR count). The molecule has 2 aromatic carbocycles. The van der Waals surface area contributed by atoms with Gasteiger partial charge < -0.3 is 29.0 Å². The zero-order valence-electron chi connectivity index (χ0n) is 20.5. The van der Waals surface area contributed by atoms with E-state index in [1.807, 2.05) is 20.8 Å². The van der Waals surface area contributed by atoms with Crippen LogP contribution in [0.2, 0.25) is 5.02 Å². The van der Waals surface area contributed by atoms with Crippen molar-refractivity contribution in [3.05, 3.63) is 58.1 Å². The van der Waals surface area contributed by atoms with Crippen LogP contribution in [0.5, 0.6) is 17.2 Å². The van der Waals surface area contributed by atoms with Crippen LogP contribution in [0, 0.1) is 0 Å². The fourth-order valence-electron chi connectivity index (χ4n) is 3.98. The van der Waals surface area contributed by atoms with Gasteiger partial charge in [0.25, 0.3) is 11.7 Å². The number of carbonyl (C=O) groups excluding carboxylic acids is 2. The fourth-order valence-corrected chi connectivity index (χ4v) is 4.22. The zero-order valence-corrected chi connectivity index (χ0v) is 21.2. The Morgan fingerprint density at radius 3 is 2.46 bits per heavy atom. The number of aliphatic hydroxyl groups excluding tert-OH is 1. The third-order valence-electron chi connectivity index (χ3n) is 5.54. The van der Waals surface area contributed by atoms with Crippen LogP contribution < -0.4 is 14.2 Å². The summed E-state index contributed by atoms with van der Waals surface area (Å²) in [5.41, 5.74) is 0.702. The van der Waals surface area contributed by atoms with E-state index in [4.69, 9.17) is 30.5 Å². The summed E-state index contributed by atoms with van der Waals surface area (Å²) < 4.78 is 21.9. The number of amides is 1. The molecule has 1 saturated heterocycles. The first kappa shape index (κ1) is 26.4. The Bertz CT molecular complexity index is 1130.